The van der Waals surface area contributed by atoms with Gasteiger partial charge in [-0.25, -0.2) is 9.78 Å². The van der Waals surface area contributed by atoms with Gasteiger partial charge in [0, 0.05) is 12.5 Å². The molecular weight excluding hydrogens is 198 g/mol. The maximum Gasteiger partial charge on any atom is 0.377 e. The predicted molar refractivity (Wildman–Crippen MR) is 50.7 cm³/mol. The number of benzene rings is 1. The summed E-state index contributed by atoms with van der Waals surface area (Å²) in [5.41, 5.74) is 1.12. The van der Waals surface area contributed by atoms with E-state index < -0.39 is 11.8 Å². The zero-order chi connectivity index (χ0) is 11.0. The zero-order valence-corrected chi connectivity index (χ0v) is 7.85. The number of hydrogen-bond acceptors (Lipinski definition) is 4. The van der Waals surface area contributed by atoms with Crippen LogP contribution < -0.4 is 0 Å². The molecule has 0 aliphatic rings. The number of carbonyl (C=O) groups excluding carboxylic acids is 1. The molecule has 5 heteroatoms. The lowest BCUT2D eigenvalue weighted by Crippen LogP contribution is -2.12. The minimum Gasteiger partial charge on any atom is -0.475 e. The van der Waals surface area contributed by atoms with E-state index in [1.165, 1.54) is 18.2 Å². The van der Waals surface area contributed by atoms with Gasteiger partial charge in [0.05, 0.1) is 0 Å². The second kappa shape index (κ2) is 3.20. The molecule has 0 spiro atoms. The Kier molecular flexibility index (Phi) is 2.00. The SMILES string of the molecule is Cc1nc2cc(C(=O)C(=O)O)ccc2o1. The van der Waals surface area contributed by atoms with Crippen molar-refractivity contribution in [3.63, 3.8) is 0 Å². The Morgan fingerprint density at radius 1 is 1.40 bits per heavy atom. The third kappa shape index (κ3) is 1.59. The minimum absolute atomic E-state index is 0.100. The molecule has 76 valence electrons. The van der Waals surface area contributed by atoms with Gasteiger partial charge in [-0.1, -0.05) is 0 Å². The number of hydrogen-bond donors (Lipinski definition) is 1. The summed E-state index contributed by atoms with van der Waals surface area (Å²) in [6.45, 7) is 1.68. The van der Waals surface area contributed by atoms with Crippen LogP contribution in [0.1, 0.15) is 16.2 Å². The van der Waals surface area contributed by atoms with E-state index in [1.807, 2.05) is 0 Å². The number of aromatic nitrogens is 1. The van der Waals surface area contributed by atoms with Gasteiger partial charge in [0.1, 0.15) is 5.52 Å². The zero-order valence-electron chi connectivity index (χ0n) is 7.85. The van der Waals surface area contributed by atoms with Crippen molar-refractivity contribution in [3.8, 4) is 0 Å². The summed E-state index contributed by atoms with van der Waals surface area (Å²) >= 11 is 0. The van der Waals surface area contributed by atoms with Crippen molar-refractivity contribution in [1.29, 1.82) is 0 Å². The molecule has 15 heavy (non-hydrogen) atoms. The number of oxazole rings is 1. The molecule has 1 N–H and O–H groups in total. The summed E-state index contributed by atoms with van der Waals surface area (Å²) in [5, 5.41) is 8.52. The summed E-state index contributed by atoms with van der Waals surface area (Å²) in [5.74, 6) is -1.95. The van der Waals surface area contributed by atoms with Crippen LogP contribution in [0.5, 0.6) is 0 Å². The number of aliphatic carboxylic acids is 1. The third-order valence-electron chi connectivity index (χ3n) is 1.95. The van der Waals surface area contributed by atoms with E-state index >= 15 is 0 Å². The van der Waals surface area contributed by atoms with E-state index in [0.717, 1.165) is 0 Å². The number of carboxylic acids is 1. The van der Waals surface area contributed by atoms with Gasteiger partial charge in [-0.15, -0.1) is 0 Å². The smallest absolute Gasteiger partial charge is 0.377 e. The van der Waals surface area contributed by atoms with Crippen LogP contribution >= 0.6 is 0 Å². The molecule has 0 aliphatic carbocycles. The molecule has 1 aromatic carbocycles. The third-order valence-corrected chi connectivity index (χ3v) is 1.95. The summed E-state index contributed by atoms with van der Waals surface area (Å²) < 4.78 is 5.19. The number of carbonyl (C=O) groups is 2. The lowest BCUT2D eigenvalue weighted by Gasteiger charge is -1.93. The summed E-state index contributed by atoms with van der Waals surface area (Å²) in [6, 6.07) is 4.34. The summed E-state index contributed by atoms with van der Waals surface area (Å²) in [7, 11) is 0. The largest absolute Gasteiger partial charge is 0.475 e. The van der Waals surface area contributed by atoms with Crippen LogP contribution in [-0.4, -0.2) is 21.8 Å². The molecule has 2 rings (SSSR count). The average molecular weight is 205 g/mol. The number of aryl methyl sites for hydroxylation is 1. The van der Waals surface area contributed by atoms with Gasteiger partial charge in [-0.3, -0.25) is 4.79 Å². The average Bonchev–Trinajstić information content (AvgIpc) is 2.55. The van der Waals surface area contributed by atoms with Crippen LogP contribution in [0.2, 0.25) is 0 Å². The van der Waals surface area contributed by atoms with Crippen molar-refractivity contribution in [3.05, 3.63) is 29.7 Å². The summed E-state index contributed by atoms with van der Waals surface area (Å²) in [6.07, 6.45) is 0. The maximum absolute atomic E-state index is 11.1. The standard InChI is InChI=1S/C10H7NO4/c1-5-11-7-4-6(9(12)10(13)14)2-3-8(7)15-5/h2-4H,1H3,(H,13,14). The molecule has 0 aliphatic heterocycles. The summed E-state index contributed by atoms with van der Waals surface area (Å²) in [4.78, 5) is 25.6. The molecule has 0 saturated carbocycles. The van der Waals surface area contributed by atoms with Gasteiger partial charge in [-0.2, -0.15) is 0 Å². The fourth-order valence-electron chi connectivity index (χ4n) is 1.31. The van der Waals surface area contributed by atoms with Gasteiger partial charge in [0.25, 0.3) is 5.78 Å². The second-order valence-corrected chi connectivity index (χ2v) is 3.05. The Hall–Kier alpha value is -2.17. The van der Waals surface area contributed by atoms with Gasteiger partial charge < -0.3 is 9.52 Å². The normalized spacial score (nSPS) is 10.5. The lowest BCUT2D eigenvalue weighted by molar-refractivity contribution is -0.131. The number of nitrogens with zero attached hydrogens (tertiary/aromatic N) is 1. The Bertz CT molecular complexity index is 556. The molecule has 0 unspecified atom stereocenters. The van der Waals surface area contributed by atoms with E-state index in [0.29, 0.717) is 17.0 Å². The first-order chi connectivity index (χ1) is 7.08. The van der Waals surface area contributed by atoms with Crippen molar-refractivity contribution in [2.75, 3.05) is 0 Å². The van der Waals surface area contributed by atoms with Crippen molar-refractivity contribution >= 4 is 22.9 Å². The highest BCUT2D eigenvalue weighted by Gasteiger charge is 2.15. The minimum atomic E-state index is -1.48. The van der Waals surface area contributed by atoms with E-state index in [2.05, 4.69) is 4.98 Å². The van der Waals surface area contributed by atoms with Crippen LogP contribution in [0.3, 0.4) is 0 Å². The van der Waals surface area contributed by atoms with Crippen LogP contribution in [0, 0.1) is 6.92 Å². The first-order valence-electron chi connectivity index (χ1n) is 4.23. The highest BCUT2D eigenvalue weighted by atomic mass is 16.4. The molecule has 1 heterocycles. The van der Waals surface area contributed by atoms with Gasteiger partial charge in [0.15, 0.2) is 11.5 Å². The number of Topliss-reactive ketones (excluding diaryl/α,β-unsaturated/α-hetero) is 1. The highest BCUT2D eigenvalue weighted by molar-refractivity contribution is 6.40. The number of ketones is 1. The molecular formula is C10H7NO4. The van der Waals surface area contributed by atoms with Crippen molar-refractivity contribution < 1.29 is 19.1 Å². The predicted octanol–water partition coefficient (Wildman–Crippen LogP) is 1.40. The van der Waals surface area contributed by atoms with E-state index in [-0.39, 0.29) is 5.56 Å². The van der Waals surface area contributed by atoms with Crippen LogP contribution in [-0.2, 0) is 4.79 Å². The van der Waals surface area contributed by atoms with Gasteiger partial charge in [-0.05, 0) is 18.2 Å². The molecule has 0 radical (unpaired) electrons. The molecule has 0 atom stereocenters. The topological polar surface area (TPSA) is 80.4 Å². The first kappa shape index (κ1) is 9.39. The molecule has 2 aromatic rings. The van der Waals surface area contributed by atoms with E-state index in [1.54, 1.807) is 6.92 Å². The molecule has 5 nitrogen and oxygen atoms in total. The fraction of sp³-hybridized carbons (Fsp3) is 0.100. The van der Waals surface area contributed by atoms with Crippen molar-refractivity contribution in [2.24, 2.45) is 0 Å². The monoisotopic (exact) mass is 205 g/mol. The molecule has 0 saturated heterocycles. The van der Waals surface area contributed by atoms with Gasteiger partial charge in [0.2, 0.25) is 0 Å². The lowest BCUT2D eigenvalue weighted by atomic mass is 10.1. The first-order valence-corrected chi connectivity index (χ1v) is 4.23. The van der Waals surface area contributed by atoms with Crippen molar-refractivity contribution in [1.82, 2.24) is 4.98 Å². The molecule has 0 amide bonds. The number of rotatable bonds is 2. The Morgan fingerprint density at radius 3 is 2.80 bits per heavy atom. The van der Waals surface area contributed by atoms with Gasteiger partial charge >= 0.3 is 5.97 Å². The Balaban J connectivity index is 2.55. The Morgan fingerprint density at radius 2 is 2.13 bits per heavy atom. The Labute approximate surface area is 84.3 Å². The van der Waals surface area contributed by atoms with Crippen molar-refractivity contribution in [2.45, 2.75) is 6.92 Å². The number of fused-ring (bicyclic) bond motifs is 1. The van der Waals surface area contributed by atoms with Crippen LogP contribution in [0.25, 0.3) is 11.1 Å². The second-order valence-electron chi connectivity index (χ2n) is 3.05. The maximum atomic E-state index is 11.1. The quantitative estimate of drug-likeness (QED) is 0.592. The molecule has 0 fully saturated rings. The molecule has 0 bridgehead atoms. The number of carboxylic acid groups (broad SMARTS) is 1. The van der Waals surface area contributed by atoms with E-state index in [9.17, 15) is 9.59 Å². The van der Waals surface area contributed by atoms with E-state index in [4.69, 9.17) is 9.52 Å². The highest BCUT2D eigenvalue weighted by Crippen LogP contribution is 2.16. The van der Waals surface area contributed by atoms with Crippen LogP contribution in [0.15, 0.2) is 22.6 Å². The molecule has 1 aromatic heterocycles. The fourth-order valence-corrected chi connectivity index (χ4v) is 1.31. The van der Waals surface area contributed by atoms with Crippen LogP contribution in [0.4, 0.5) is 0 Å².